The third-order valence-electron chi connectivity index (χ3n) is 5.07. The van der Waals surface area contributed by atoms with Gasteiger partial charge in [0.15, 0.2) is 0 Å². The Morgan fingerprint density at radius 2 is 2.03 bits per heavy atom. The lowest BCUT2D eigenvalue weighted by Crippen LogP contribution is -2.60. The second-order valence-corrected chi connectivity index (χ2v) is 7.73. The number of benzene rings is 2. The summed E-state index contributed by atoms with van der Waals surface area (Å²) in [4.78, 5) is 30.7. The van der Waals surface area contributed by atoms with E-state index in [0.717, 1.165) is 5.56 Å². The van der Waals surface area contributed by atoms with Gasteiger partial charge in [0.2, 0.25) is 11.1 Å². The van der Waals surface area contributed by atoms with Crippen molar-refractivity contribution in [2.45, 2.75) is 24.7 Å². The maximum Gasteiger partial charge on any atom is 0.325 e. The van der Waals surface area contributed by atoms with Crippen LogP contribution in [0.5, 0.6) is 5.75 Å². The van der Waals surface area contributed by atoms with Gasteiger partial charge in [-0.1, -0.05) is 43.5 Å². The highest BCUT2D eigenvalue weighted by atomic mass is 32.2. The minimum Gasteiger partial charge on any atom is -0.490 e. The Labute approximate surface area is 184 Å². The number of aromatic nitrogens is 3. The number of rotatable bonds is 6. The molecule has 31 heavy (non-hydrogen) atoms. The van der Waals surface area contributed by atoms with Crippen molar-refractivity contribution in [3.05, 3.63) is 77.1 Å². The Balaban J connectivity index is 1.96. The van der Waals surface area contributed by atoms with E-state index < -0.39 is 6.17 Å². The van der Waals surface area contributed by atoms with Gasteiger partial charge in [0.05, 0.1) is 11.3 Å². The Kier molecular flexibility index (Phi) is 5.90. The molecule has 8 heteroatoms. The zero-order chi connectivity index (χ0) is 22.0. The SMILES string of the molecule is C=CCOc1ccc([C@H]2N(C(=O)CC)c3ccccc3-c3c(=O)[nH]c(SC)n[n+]32)cc1. The van der Waals surface area contributed by atoms with E-state index in [4.69, 9.17) is 4.74 Å². The lowest BCUT2D eigenvalue weighted by Gasteiger charge is -2.32. The highest BCUT2D eigenvalue weighted by Crippen LogP contribution is 2.37. The number of ether oxygens (including phenoxy) is 1. The van der Waals surface area contributed by atoms with Crippen molar-refractivity contribution in [3.8, 4) is 17.0 Å². The summed E-state index contributed by atoms with van der Waals surface area (Å²) in [6.45, 7) is 5.89. The van der Waals surface area contributed by atoms with Crippen LogP contribution in [0.4, 0.5) is 5.69 Å². The molecular formula is C23H23N4O3S+. The fourth-order valence-corrected chi connectivity index (χ4v) is 4.06. The van der Waals surface area contributed by atoms with Crippen molar-refractivity contribution >= 4 is 23.4 Å². The van der Waals surface area contributed by atoms with E-state index in [2.05, 4.69) is 16.7 Å². The zero-order valence-corrected chi connectivity index (χ0v) is 18.2. The molecule has 0 spiro atoms. The van der Waals surface area contributed by atoms with Crippen molar-refractivity contribution in [2.75, 3.05) is 17.8 Å². The Morgan fingerprint density at radius 3 is 2.71 bits per heavy atom. The lowest BCUT2D eigenvalue weighted by atomic mass is 10.0. The minimum atomic E-state index is -0.598. The summed E-state index contributed by atoms with van der Waals surface area (Å²) in [7, 11) is 0. The lowest BCUT2D eigenvalue weighted by molar-refractivity contribution is -0.763. The predicted molar refractivity (Wildman–Crippen MR) is 120 cm³/mol. The Hall–Kier alpha value is -3.39. The maximum atomic E-state index is 13.1. The molecule has 0 radical (unpaired) electrons. The van der Waals surface area contributed by atoms with Gasteiger partial charge in [-0.05, 0) is 47.3 Å². The van der Waals surface area contributed by atoms with Crippen LogP contribution in [0.25, 0.3) is 11.3 Å². The topological polar surface area (TPSA) is 79.2 Å². The number of hydrogen-bond donors (Lipinski definition) is 1. The monoisotopic (exact) mass is 435 g/mol. The van der Waals surface area contributed by atoms with Crippen LogP contribution >= 0.6 is 11.8 Å². The first kappa shape index (κ1) is 20.9. The van der Waals surface area contributed by atoms with E-state index in [0.29, 0.717) is 40.9 Å². The molecule has 0 saturated heterocycles. The fraction of sp³-hybridized carbons (Fsp3) is 0.217. The zero-order valence-electron chi connectivity index (χ0n) is 17.4. The first-order chi connectivity index (χ1) is 15.1. The second-order valence-electron chi connectivity index (χ2n) is 6.93. The van der Waals surface area contributed by atoms with Crippen LogP contribution in [-0.4, -0.2) is 28.9 Å². The van der Waals surface area contributed by atoms with Gasteiger partial charge >= 0.3 is 11.3 Å². The van der Waals surface area contributed by atoms with Gasteiger partial charge in [-0.15, -0.1) is 0 Å². The molecule has 1 N–H and O–H groups in total. The van der Waals surface area contributed by atoms with E-state index in [1.54, 1.807) is 15.7 Å². The highest BCUT2D eigenvalue weighted by molar-refractivity contribution is 7.98. The summed E-state index contributed by atoms with van der Waals surface area (Å²) < 4.78 is 7.25. The summed E-state index contributed by atoms with van der Waals surface area (Å²) in [6, 6.07) is 14.9. The van der Waals surface area contributed by atoms with Gasteiger partial charge < -0.3 is 4.74 Å². The average molecular weight is 436 g/mol. The summed E-state index contributed by atoms with van der Waals surface area (Å²) >= 11 is 1.34. The van der Waals surface area contributed by atoms with Gasteiger partial charge in [-0.2, -0.15) is 0 Å². The number of anilines is 1. The van der Waals surface area contributed by atoms with E-state index in [9.17, 15) is 9.59 Å². The Bertz CT molecular complexity index is 1190. The van der Waals surface area contributed by atoms with E-state index in [1.165, 1.54) is 11.8 Å². The van der Waals surface area contributed by atoms with Crippen LogP contribution in [0.3, 0.4) is 0 Å². The number of amides is 1. The third-order valence-corrected chi connectivity index (χ3v) is 5.64. The molecule has 4 rings (SSSR count). The minimum absolute atomic E-state index is 0.0598. The van der Waals surface area contributed by atoms with Crippen LogP contribution in [-0.2, 0) is 4.79 Å². The number of para-hydroxylation sites is 1. The van der Waals surface area contributed by atoms with Crippen LogP contribution < -0.4 is 19.9 Å². The first-order valence-electron chi connectivity index (χ1n) is 9.94. The molecule has 1 aliphatic rings. The molecule has 1 aromatic heterocycles. The van der Waals surface area contributed by atoms with Crippen LogP contribution in [0.15, 0.2) is 71.1 Å². The number of nitrogens with zero attached hydrogens (tertiary/aromatic N) is 3. The normalized spacial score (nSPS) is 14.5. The van der Waals surface area contributed by atoms with Gasteiger partial charge in [0, 0.05) is 17.1 Å². The molecule has 0 bridgehead atoms. The quantitative estimate of drug-likeness (QED) is 0.365. The first-order valence-corrected chi connectivity index (χ1v) is 11.2. The van der Waals surface area contributed by atoms with Crippen molar-refractivity contribution in [2.24, 2.45) is 0 Å². The number of hydrogen-bond acceptors (Lipinski definition) is 5. The number of H-pyrrole nitrogens is 1. The number of thioether (sulfide) groups is 1. The van der Waals surface area contributed by atoms with E-state index in [1.807, 2.05) is 61.7 Å². The predicted octanol–water partition coefficient (Wildman–Crippen LogP) is 3.31. The van der Waals surface area contributed by atoms with Crippen molar-refractivity contribution in [3.63, 3.8) is 0 Å². The molecule has 2 heterocycles. The fourth-order valence-electron chi connectivity index (χ4n) is 3.70. The summed E-state index contributed by atoms with van der Waals surface area (Å²) in [5.41, 5.74) is 2.36. The molecule has 1 amide bonds. The molecule has 0 aliphatic carbocycles. The van der Waals surface area contributed by atoms with Gasteiger partial charge in [0.25, 0.3) is 6.17 Å². The average Bonchev–Trinajstić information content (AvgIpc) is 2.81. The van der Waals surface area contributed by atoms with Crippen molar-refractivity contribution in [1.29, 1.82) is 0 Å². The number of carbonyl (C=O) groups is 1. The standard InChI is InChI=1S/C23H22N4O3S/c1-4-14-30-16-12-10-15(11-13-16)22-26(19(28)5-2)18-9-7-6-8-17(18)20-21(29)24-23(31-3)25-27(20)22/h4,6-13,22H,1,5,14H2,2-3H3/p+1/t22-/m0/s1. The number of aromatic amines is 1. The van der Waals surface area contributed by atoms with E-state index in [-0.39, 0.29) is 11.5 Å². The molecule has 2 aromatic carbocycles. The highest BCUT2D eigenvalue weighted by Gasteiger charge is 2.45. The number of nitrogens with one attached hydrogen (secondary N) is 1. The smallest absolute Gasteiger partial charge is 0.325 e. The molecular weight excluding hydrogens is 412 g/mol. The van der Waals surface area contributed by atoms with Gasteiger partial charge in [0.1, 0.15) is 12.4 Å². The molecule has 0 unspecified atom stereocenters. The molecule has 158 valence electrons. The van der Waals surface area contributed by atoms with Crippen LogP contribution in [0, 0.1) is 0 Å². The largest absolute Gasteiger partial charge is 0.490 e. The summed E-state index contributed by atoms with van der Waals surface area (Å²) in [6.07, 6.45) is 3.25. The third kappa shape index (κ3) is 3.74. The van der Waals surface area contributed by atoms with Crippen LogP contribution in [0.1, 0.15) is 25.1 Å². The van der Waals surface area contributed by atoms with Gasteiger partial charge in [-0.3, -0.25) is 14.6 Å². The van der Waals surface area contributed by atoms with Crippen molar-refractivity contribution < 1.29 is 14.2 Å². The molecule has 7 nitrogen and oxygen atoms in total. The summed E-state index contributed by atoms with van der Waals surface area (Å²) in [5, 5.41) is 5.15. The van der Waals surface area contributed by atoms with Gasteiger partial charge in [-0.25, -0.2) is 4.90 Å². The van der Waals surface area contributed by atoms with E-state index >= 15 is 0 Å². The molecule has 1 atom stereocenters. The van der Waals surface area contributed by atoms with Crippen molar-refractivity contribution in [1.82, 2.24) is 10.1 Å². The number of carbonyl (C=O) groups excluding carboxylic acids is 1. The molecule has 1 aliphatic heterocycles. The summed E-state index contributed by atoms with van der Waals surface area (Å²) in [5.74, 6) is 0.637. The molecule has 3 aromatic rings. The maximum absolute atomic E-state index is 13.1. The molecule has 0 fully saturated rings. The van der Waals surface area contributed by atoms with Crippen LogP contribution in [0.2, 0.25) is 0 Å². The number of fused-ring (bicyclic) bond motifs is 3. The second kappa shape index (κ2) is 8.77. The molecule has 0 saturated carbocycles. The Morgan fingerprint density at radius 1 is 1.29 bits per heavy atom.